The van der Waals surface area contributed by atoms with Crippen LogP contribution in [-0.2, 0) is 11.2 Å². The Morgan fingerprint density at radius 2 is 2.10 bits per heavy atom. The minimum absolute atomic E-state index is 0.0750. The molecule has 0 spiro atoms. The second-order valence-electron chi connectivity index (χ2n) is 6.18. The van der Waals surface area contributed by atoms with Crippen molar-refractivity contribution in [2.24, 2.45) is 17.6 Å². The number of nitrogens with zero attached hydrogens (tertiary/aromatic N) is 1. The van der Waals surface area contributed by atoms with E-state index in [1.165, 1.54) is 12.1 Å². The number of hydrogen-bond donors (Lipinski definition) is 1. The van der Waals surface area contributed by atoms with E-state index in [-0.39, 0.29) is 23.7 Å². The Morgan fingerprint density at radius 3 is 2.71 bits per heavy atom. The Morgan fingerprint density at radius 1 is 1.43 bits per heavy atom. The first kappa shape index (κ1) is 16.0. The van der Waals surface area contributed by atoms with Crippen LogP contribution in [0.25, 0.3) is 0 Å². The number of nitrogens with two attached hydrogens (primary N) is 1. The van der Waals surface area contributed by atoms with Gasteiger partial charge in [0.25, 0.3) is 0 Å². The SMILES string of the molecule is CCC(C)C(N)C(=O)N1CCC(Cc2ccc(F)cc2)C1. The quantitative estimate of drug-likeness (QED) is 0.906. The highest BCUT2D eigenvalue weighted by Gasteiger charge is 2.31. The molecule has 1 fully saturated rings. The summed E-state index contributed by atoms with van der Waals surface area (Å²) in [5.74, 6) is 0.532. The van der Waals surface area contributed by atoms with Crippen LogP contribution in [0.2, 0.25) is 0 Å². The lowest BCUT2D eigenvalue weighted by molar-refractivity contribution is -0.132. The van der Waals surface area contributed by atoms with Crippen LogP contribution in [0.5, 0.6) is 0 Å². The van der Waals surface area contributed by atoms with Gasteiger partial charge in [0.15, 0.2) is 0 Å². The lowest BCUT2D eigenvalue weighted by Crippen LogP contribution is -2.46. The predicted octanol–water partition coefficient (Wildman–Crippen LogP) is 2.59. The molecule has 116 valence electrons. The fourth-order valence-electron chi connectivity index (χ4n) is 2.86. The van der Waals surface area contributed by atoms with Crippen molar-refractivity contribution in [1.29, 1.82) is 0 Å². The molecule has 0 aromatic heterocycles. The molecule has 0 radical (unpaired) electrons. The highest BCUT2D eigenvalue weighted by atomic mass is 19.1. The molecule has 0 aliphatic carbocycles. The molecule has 3 nitrogen and oxygen atoms in total. The van der Waals surface area contributed by atoms with Crippen molar-refractivity contribution in [2.75, 3.05) is 13.1 Å². The van der Waals surface area contributed by atoms with E-state index in [0.29, 0.717) is 5.92 Å². The van der Waals surface area contributed by atoms with Crippen molar-refractivity contribution < 1.29 is 9.18 Å². The van der Waals surface area contributed by atoms with Crippen LogP contribution in [0.15, 0.2) is 24.3 Å². The minimum atomic E-state index is -0.389. The molecule has 3 atom stereocenters. The van der Waals surface area contributed by atoms with Crippen molar-refractivity contribution in [2.45, 2.75) is 39.2 Å². The minimum Gasteiger partial charge on any atom is -0.341 e. The Labute approximate surface area is 126 Å². The molecule has 0 bridgehead atoms. The molecular formula is C17H25FN2O. The molecule has 1 aromatic rings. The molecule has 0 saturated carbocycles. The third-order valence-electron chi connectivity index (χ3n) is 4.58. The van der Waals surface area contributed by atoms with Crippen LogP contribution in [-0.4, -0.2) is 29.9 Å². The van der Waals surface area contributed by atoms with Gasteiger partial charge in [-0.3, -0.25) is 4.79 Å². The van der Waals surface area contributed by atoms with Crippen LogP contribution in [0, 0.1) is 17.7 Å². The molecule has 1 amide bonds. The molecule has 1 aromatic carbocycles. The van der Waals surface area contributed by atoms with Crippen LogP contribution in [0.4, 0.5) is 4.39 Å². The van der Waals surface area contributed by atoms with Gasteiger partial charge in [-0.25, -0.2) is 4.39 Å². The summed E-state index contributed by atoms with van der Waals surface area (Å²) in [6, 6.07) is 6.24. The maximum atomic E-state index is 12.9. The Balaban J connectivity index is 1.88. The zero-order chi connectivity index (χ0) is 15.4. The first-order chi connectivity index (χ1) is 10.0. The Hall–Kier alpha value is -1.42. The molecule has 1 aliphatic rings. The average molecular weight is 292 g/mol. The largest absolute Gasteiger partial charge is 0.341 e. The Bertz CT molecular complexity index is 474. The number of likely N-dealkylation sites (tertiary alicyclic amines) is 1. The molecule has 1 saturated heterocycles. The molecule has 4 heteroatoms. The smallest absolute Gasteiger partial charge is 0.239 e. The summed E-state index contributed by atoms with van der Waals surface area (Å²) >= 11 is 0. The van der Waals surface area contributed by atoms with E-state index in [4.69, 9.17) is 5.73 Å². The zero-order valence-corrected chi connectivity index (χ0v) is 12.9. The van der Waals surface area contributed by atoms with E-state index in [9.17, 15) is 9.18 Å². The molecule has 1 aliphatic heterocycles. The van der Waals surface area contributed by atoms with E-state index in [2.05, 4.69) is 6.92 Å². The molecule has 2 N–H and O–H groups in total. The lowest BCUT2D eigenvalue weighted by atomic mass is 9.98. The zero-order valence-electron chi connectivity index (χ0n) is 12.9. The summed E-state index contributed by atoms with van der Waals surface area (Å²) in [5.41, 5.74) is 7.16. The van der Waals surface area contributed by atoms with Crippen molar-refractivity contribution in [3.8, 4) is 0 Å². The number of benzene rings is 1. The second kappa shape index (κ2) is 7.03. The van der Waals surface area contributed by atoms with Gasteiger partial charge in [-0.05, 0) is 42.4 Å². The average Bonchev–Trinajstić information content (AvgIpc) is 2.95. The van der Waals surface area contributed by atoms with Crippen LogP contribution < -0.4 is 5.73 Å². The number of amides is 1. The van der Waals surface area contributed by atoms with E-state index in [0.717, 1.165) is 37.9 Å². The molecule has 1 heterocycles. The van der Waals surface area contributed by atoms with E-state index < -0.39 is 0 Å². The normalized spacial score (nSPS) is 21.3. The van der Waals surface area contributed by atoms with Crippen LogP contribution in [0.3, 0.4) is 0 Å². The maximum Gasteiger partial charge on any atom is 0.239 e. The summed E-state index contributed by atoms with van der Waals surface area (Å²) in [6.45, 7) is 5.63. The van der Waals surface area contributed by atoms with Gasteiger partial charge in [0.05, 0.1) is 6.04 Å². The molecule has 21 heavy (non-hydrogen) atoms. The lowest BCUT2D eigenvalue weighted by Gasteiger charge is -2.24. The summed E-state index contributed by atoms with van der Waals surface area (Å²) in [5, 5.41) is 0. The van der Waals surface area contributed by atoms with E-state index in [1.807, 2.05) is 24.0 Å². The summed E-state index contributed by atoms with van der Waals surface area (Å²) in [4.78, 5) is 14.2. The number of carbonyl (C=O) groups excluding carboxylic acids is 1. The van der Waals surface area contributed by atoms with Crippen molar-refractivity contribution >= 4 is 5.91 Å². The first-order valence-electron chi connectivity index (χ1n) is 7.80. The maximum absolute atomic E-state index is 12.9. The van der Waals surface area contributed by atoms with Gasteiger partial charge in [-0.1, -0.05) is 32.4 Å². The molecule has 3 unspecified atom stereocenters. The van der Waals surface area contributed by atoms with Gasteiger partial charge in [0.1, 0.15) is 5.82 Å². The Kier molecular flexibility index (Phi) is 5.34. The van der Waals surface area contributed by atoms with Gasteiger partial charge in [-0.15, -0.1) is 0 Å². The van der Waals surface area contributed by atoms with Crippen molar-refractivity contribution in [3.63, 3.8) is 0 Å². The number of rotatable bonds is 5. The van der Waals surface area contributed by atoms with Gasteiger partial charge in [0.2, 0.25) is 5.91 Å². The number of hydrogen-bond acceptors (Lipinski definition) is 2. The van der Waals surface area contributed by atoms with E-state index >= 15 is 0 Å². The fourth-order valence-corrected chi connectivity index (χ4v) is 2.86. The highest BCUT2D eigenvalue weighted by Crippen LogP contribution is 2.22. The summed E-state index contributed by atoms with van der Waals surface area (Å²) < 4.78 is 12.9. The standard InChI is InChI=1S/C17H25FN2O/c1-3-12(2)16(19)17(21)20-9-8-14(11-20)10-13-4-6-15(18)7-5-13/h4-7,12,14,16H,3,8-11,19H2,1-2H3. The summed E-state index contributed by atoms with van der Waals surface area (Å²) in [7, 11) is 0. The molecule has 2 rings (SSSR count). The van der Waals surface area contributed by atoms with Gasteiger partial charge >= 0.3 is 0 Å². The van der Waals surface area contributed by atoms with Crippen molar-refractivity contribution in [1.82, 2.24) is 4.90 Å². The number of carbonyl (C=O) groups is 1. The third kappa shape index (κ3) is 4.03. The van der Waals surface area contributed by atoms with Gasteiger partial charge < -0.3 is 10.6 Å². The van der Waals surface area contributed by atoms with Gasteiger partial charge in [-0.2, -0.15) is 0 Å². The highest BCUT2D eigenvalue weighted by molar-refractivity contribution is 5.82. The summed E-state index contributed by atoms with van der Waals surface area (Å²) in [6.07, 6.45) is 2.80. The third-order valence-corrected chi connectivity index (χ3v) is 4.58. The second-order valence-corrected chi connectivity index (χ2v) is 6.18. The molecular weight excluding hydrogens is 267 g/mol. The van der Waals surface area contributed by atoms with Crippen molar-refractivity contribution in [3.05, 3.63) is 35.6 Å². The van der Waals surface area contributed by atoms with E-state index in [1.54, 1.807) is 0 Å². The monoisotopic (exact) mass is 292 g/mol. The number of halogens is 1. The topological polar surface area (TPSA) is 46.3 Å². The fraction of sp³-hybridized carbons (Fsp3) is 0.588. The van der Waals surface area contributed by atoms with Gasteiger partial charge in [0, 0.05) is 13.1 Å². The predicted molar refractivity (Wildman–Crippen MR) is 82.2 cm³/mol. The van der Waals surface area contributed by atoms with Crippen LogP contribution in [0.1, 0.15) is 32.3 Å². The first-order valence-corrected chi connectivity index (χ1v) is 7.80. The van der Waals surface area contributed by atoms with Crippen LogP contribution >= 0.6 is 0 Å².